The lowest BCUT2D eigenvalue weighted by Crippen LogP contribution is -2.24. The molecule has 34 heavy (non-hydrogen) atoms. The Kier molecular flexibility index (Phi) is 5.75. The molecule has 4 aromatic rings. The van der Waals surface area contributed by atoms with Crippen LogP contribution in [-0.2, 0) is 21.2 Å². The van der Waals surface area contributed by atoms with Crippen LogP contribution >= 0.6 is 11.6 Å². The molecule has 10 heteroatoms. The van der Waals surface area contributed by atoms with Crippen molar-refractivity contribution in [3.05, 3.63) is 65.3 Å². The van der Waals surface area contributed by atoms with Gasteiger partial charge in [0.05, 0.1) is 21.0 Å². The van der Waals surface area contributed by atoms with Crippen molar-refractivity contribution in [1.82, 2.24) is 19.9 Å². The normalized spacial score (nSPS) is 14.2. The van der Waals surface area contributed by atoms with E-state index in [1.54, 1.807) is 23.2 Å². The second-order valence-corrected chi connectivity index (χ2v) is 10.6. The van der Waals surface area contributed by atoms with Crippen LogP contribution in [0.25, 0.3) is 22.6 Å². The number of hydrogen-bond donors (Lipinski definition) is 1. The Labute approximate surface area is 201 Å². The molecule has 3 heterocycles. The average Bonchev–Trinajstić information content (AvgIpc) is 3.39. The van der Waals surface area contributed by atoms with E-state index in [-0.39, 0.29) is 15.8 Å². The molecule has 2 aromatic heterocycles. The topological polar surface area (TPSA) is 105 Å². The van der Waals surface area contributed by atoms with Gasteiger partial charge in [-0.2, -0.15) is 0 Å². The molecule has 1 fully saturated rings. The largest absolute Gasteiger partial charge is 0.457 e. The number of rotatable bonds is 6. The smallest absolute Gasteiger partial charge is 0.222 e. The minimum atomic E-state index is -3.46. The Bertz CT molecular complexity index is 1500. The van der Waals surface area contributed by atoms with Crippen LogP contribution in [0.3, 0.4) is 0 Å². The number of aromatic nitrogens is 3. The van der Waals surface area contributed by atoms with Crippen molar-refractivity contribution in [3.8, 4) is 23.0 Å². The molecule has 0 aliphatic carbocycles. The Morgan fingerprint density at radius 3 is 2.71 bits per heavy atom. The summed E-state index contributed by atoms with van der Waals surface area (Å²) in [5.74, 6) is 1.61. The maximum atomic E-state index is 12.3. The third-order valence-electron chi connectivity index (χ3n) is 5.63. The molecule has 1 amide bonds. The lowest BCUT2D eigenvalue weighted by molar-refractivity contribution is -0.128. The molecule has 2 aromatic carbocycles. The van der Waals surface area contributed by atoms with Crippen molar-refractivity contribution >= 4 is 38.4 Å². The number of nitrogens with one attached hydrogen (secondary N) is 1. The number of ether oxygens (including phenoxy) is 1. The van der Waals surface area contributed by atoms with Crippen LogP contribution in [0.1, 0.15) is 18.4 Å². The van der Waals surface area contributed by atoms with Gasteiger partial charge in [-0.1, -0.05) is 17.7 Å². The summed E-state index contributed by atoms with van der Waals surface area (Å²) in [6.45, 7) is 1.07. The fourth-order valence-corrected chi connectivity index (χ4v) is 5.29. The van der Waals surface area contributed by atoms with Crippen molar-refractivity contribution in [1.29, 1.82) is 0 Å². The Balaban J connectivity index is 1.56. The number of hydrogen-bond acceptors (Lipinski definition) is 6. The van der Waals surface area contributed by atoms with Gasteiger partial charge in [-0.3, -0.25) is 9.78 Å². The van der Waals surface area contributed by atoms with Gasteiger partial charge in [0.25, 0.3) is 0 Å². The number of H-pyrrole nitrogens is 1. The van der Waals surface area contributed by atoms with Gasteiger partial charge >= 0.3 is 0 Å². The number of halogens is 1. The summed E-state index contributed by atoms with van der Waals surface area (Å²) in [7, 11) is -3.46. The number of carbonyl (C=O) groups excluding carboxylic acids is 1. The summed E-state index contributed by atoms with van der Waals surface area (Å²) in [5.41, 5.74) is 2.97. The zero-order chi connectivity index (χ0) is 23.9. The molecule has 1 aliphatic heterocycles. The highest BCUT2D eigenvalue weighted by Gasteiger charge is 2.23. The summed E-state index contributed by atoms with van der Waals surface area (Å²) in [6.07, 6.45) is 4.17. The predicted molar refractivity (Wildman–Crippen MR) is 129 cm³/mol. The minimum Gasteiger partial charge on any atom is -0.457 e. The maximum Gasteiger partial charge on any atom is 0.222 e. The Hall–Kier alpha value is -3.43. The van der Waals surface area contributed by atoms with Crippen LogP contribution in [0.15, 0.2) is 59.6 Å². The molecule has 174 valence electrons. The lowest BCUT2D eigenvalue weighted by atomic mass is 10.1. The van der Waals surface area contributed by atoms with Crippen LogP contribution in [0.2, 0.25) is 5.02 Å². The number of nitrogens with zero attached hydrogens (tertiary/aromatic N) is 3. The van der Waals surface area contributed by atoms with Gasteiger partial charge in [0, 0.05) is 49.7 Å². The third-order valence-corrected chi connectivity index (χ3v) is 7.21. The van der Waals surface area contributed by atoms with Crippen LogP contribution in [-0.4, -0.2) is 47.0 Å². The molecular weight excluding hydrogens is 476 g/mol. The van der Waals surface area contributed by atoms with Gasteiger partial charge in [-0.15, -0.1) is 0 Å². The molecule has 0 unspecified atom stereocenters. The van der Waals surface area contributed by atoms with E-state index >= 15 is 0 Å². The Morgan fingerprint density at radius 2 is 2.03 bits per heavy atom. The van der Waals surface area contributed by atoms with E-state index in [4.69, 9.17) is 16.3 Å². The SMILES string of the molecule is CS(=O)(=O)c1ccc(Oc2cc3nc(-c4ccccn4)[nH]c3cc2CN2CCCC2=O)cc1Cl. The molecule has 0 atom stereocenters. The van der Waals surface area contributed by atoms with Crippen molar-refractivity contribution < 1.29 is 17.9 Å². The molecule has 0 radical (unpaired) electrons. The maximum absolute atomic E-state index is 12.3. The molecule has 0 saturated carbocycles. The zero-order valence-corrected chi connectivity index (χ0v) is 19.9. The summed E-state index contributed by atoms with van der Waals surface area (Å²) < 4.78 is 29.9. The van der Waals surface area contributed by atoms with E-state index in [9.17, 15) is 13.2 Å². The highest BCUT2D eigenvalue weighted by Crippen LogP contribution is 2.34. The van der Waals surface area contributed by atoms with E-state index in [0.717, 1.165) is 23.8 Å². The molecular formula is C24H21ClN4O4S. The number of pyridine rings is 1. The molecule has 1 aliphatic rings. The van der Waals surface area contributed by atoms with Crippen LogP contribution in [0, 0.1) is 0 Å². The number of benzene rings is 2. The van der Waals surface area contributed by atoms with Gasteiger partial charge in [-0.05, 0) is 36.8 Å². The summed E-state index contributed by atoms with van der Waals surface area (Å²) in [6, 6.07) is 13.8. The van der Waals surface area contributed by atoms with Crippen molar-refractivity contribution in [2.24, 2.45) is 0 Å². The van der Waals surface area contributed by atoms with Crippen LogP contribution in [0.4, 0.5) is 0 Å². The van der Waals surface area contributed by atoms with E-state index in [0.29, 0.717) is 48.0 Å². The quantitative estimate of drug-likeness (QED) is 0.418. The van der Waals surface area contributed by atoms with Gasteiger partial charge in [0.1, 0.15) is 17.2 Å². The summed E-state index contributed by atoms with van der Waals surface area (Å²) in [4.78, 5) is 26.4. The number of sulfone groups is 1. The summed E-state index contributed by atoms with van der Waals surface area (Å²) in [5, 5.41) is 0.0783. The second kappa shape index (κ2) is 8.73. The monoisotopic (exact) mass is 496 g/mol. The number of aromatic amines is 1. The van der Waals surface area contributed by atoms with E-state index in [1.807, 2.05) is 24.3 Å². The zero-order valence-electron chi connectivity index (χ0n) is 18.3. The highest BCUT2D eigenvalue weighted by molar-refractivity contribution is 7.90. The van der Waals surface area contributed by atoms with Gasteiger partial charge in [-0.25, -0.2) is 13.4 Å². The van der Waals surface area contributed by atoms with Crippen molar-refractivity contribution in [2.45, 2.75) is 24.3 Å². The number of imidazole rings is 1. The minimum absolute atomic E-state index is 0.0344. The molecule has 0 bridgehead atoms. The molecule has 5 rings (SSSR count). The first-order valence-corrected chi connectivity index (χ1v) is 12.9. The number of fused-ring (bicyclic) bond motifs is 1. The van der Waals surface area contributed by atoms with Crippen molar-refractivity contribution in [3.63, 3.8) is 0 Å². The van der Waals surface area contributed by atoms with E-state index < -0.39 is 9.84 Å². The van der Waals surface area contributed by atoms with Crippen LogP contribution in [0.5, 0.6) is 11.5 Å². The lowest BCUT2D eigenvalue weighted by Gasteiger charge is -2.18. The Morgan fingerprint density at radius 1 is 1.18 bits per heavy atom. The first kappa shape index (κ1) is 22.4. The predicted octanol–water partition coefficient (Wildman–Crippen LogP) is 4.60. The molecule has 1 N–H and O–H groups in total. The molecule has 8 nitrogen and oxygen atoms in total. The van der Waals surface area contributed by atoms with Crippen LogP contribution < -0.4 is 4.74 Å². The fourth-order valence-electron chi connectivity index (χ4n) is 3.97. The third kappa shape index (κ3) is 4.49. The number of carbonyl (C=O) groups is 1. The molecule has 0 spiro atoms. The standard InChI is InChI=1S/C24H21ClN4O4S/c1-34(31,32)22-8-7-16(12-17(22)25)33-21-13-20-19(11-15(21)14-29-10-4-6-23(29)30)27-24(28-20)18-5-2-3-9-26-18/h2-3,5,7-9,11-13H,4,6,10,14H2,1H3,(H,27,28). The fraction of sp³-hybridized carbons (Fsp3) is 0.208. The summed E-state index contributed by atoms with van der Waals surface area (Å²) >= 11 is 6.21. The number of amides is 1. The molecule has 1 saturated heterocycles. The van der Waals surface area contributed by atoms with E-state index in [2.05, 4.69) is 15.0 Å². The number of likely N-dealkylation sites (tertiary alicyclic amines) is 1. The average molecular weight is 497 g/mol. The van der Waals surface area contributed by atoms with Gasteiger partial charge < -0.3 is 14.6 Å². The first-order chi connectivity index (χ1) is 16.3. The van der Waals surface area contributed by atoms with E-state index in [1.165, 1.54) is 12.1 Å². The second-order valence-electron chi connectivity index (χ2n) is 8.16. The first-order valence-electron chi connectivity index (χ1n) is 10.7. The van der Waals surface area contributed by atoms with Gasteiger partial charge in [0.15, 0.2) is 15.7 Å². The highest BCUT2D eigenvalue weighted by atomic mass is 35.5. The van der Waals surface area contributed by atoms with Crippen molar-refractivity contribution in [2.75, 3.05) is 12.8 Å². The van der Waals surface area contributed by atoms with Gasteiger partial charge in [0.2, 0.25) is 5.91 Å².